The van der Waals surface area contributed by atoms with E-state index in [4.69, 9.17) is 4.52 Å². The van der Waals surface area contributed by atoms with Crippen molar-refractivity contribution in [3.8, 4) is 11.5 Å². The predicted octanol–water partition coefficient (Wildman–Crippen LogP) is 4.27. The van der Waals surface area contributed by atoms with Crippen molar-refractivity contribution in [1.29, 1.82) is 0 Å². The number of benzene rings is 1. The number of nitrogens with zero attached hydrogens (tertiary/aromatic N) is 5. The Labute approximate surface area is 217 Å². The quantitative estimate of drug-likeness (QED) is 0.372. The molecule has 0 spiro atoms. The molecule has 0 unspecified atom stereocenters. The number of amides is 1. The van der Waals surface area contributed by atoms with Gasteiger partial charge in [-0.25, -0.2) is 0 Å². The monoisotopic (exact) mass is 529 g/mol. The van der Waals surface area contributed by atoms with Gasteiger partial charge in [-0.15, -0.1) is 0 Å². The number of anilines is 1. The zero-order valence-electron chi connectivity index (χ0n) is 21.4. The summed E-state index contributed by atoms with van der Waals surface area (Å²) in [6.45, 7) is 2.81. The summed E-state index contributed by atoms with van der Waals surface area (Å²) in [7, 11) is 3.89. The second-order valence-corrected chi connectivity index (χ2v) is 10.0. The van der Waals surface area contributed by atoms with Crippen LogP contribution in [0, 0.1) is 5.92 Å². The average molecular weight is 530 g/mol. The largest absolute Gasteiger partial charge is 0.406 e. The number of hydrogen-bond acceptors (Lipinski definition) is 6. The molecule has 38 heavy (non-hydrogen) atoms. The highest BCUT2D eigenvalue weighted by molar-refractivity contribution is 5.96. The minimum atomic E-state index is -4.46. The van der Waals surface area contributed by atoms with Crippen molar-refractivity contribution < 1.29 is 22.5 Å². The number of fused-ring (bicyclic) bond motifs is 1. The normalized spacial score (nSPS) is 18.7. The van der Waals surface area contributed by atoms with E-state index < -0.39 is 12.7 Å². The number of likely N-dealkylation sites (tertiary alicyclic amines) is 1. The van der Waals surface area contributed by atoms with Crippen LogP contribution in [0.1, 0.15) is 29.6 Å². The molecule has 12 heteroatoms. The number of hydrogen-bond donors (Lipinski definition) is 2. The Morgan fingerprint density at radius 3 is 2.76 bits per heavy atom. The minimum absolute atomic E-state index is 0.0213. The van der Waals surface area contributed by atoms with Gasteiger partial charge in [0.1, 0.15) is 6.54 Å². The molecule has 0 radical (unpaired) electrons. The summed E-state index contributed by atoms with van der Waals surface area (Å²) in [5.41, 5.74) is 1.85. The molecule has 5 rings (SSSR count). The van der Waals surface area contributed by atoms with Crippen molar-refractivity contribution in [3.05, 3.63) is 54.2 Å². The third kappa shape index (κ3) is 5.54. The molecule has 4 heterocycles. The fraction of sp³-hybridized carbons (Fsp3) is 0.423. The molecule has 1 amide bonds. The topological polar surface area (TPSA) is 93.2 Å². The summed E-state index contributed by atoms with van der Waals surface area (Å²) in [4.78, 5) is 18.9. The standard InChI is InChI=1S/C26H30F3N7O2/c1-16-13-34(2)10-8-19(16)31-20-5-4-6-21-18(20)11-22(36(21)15-26(27,28)29)24-32-23(38-33-24)12-30-25(37)17-7-9-35(3)14-17/h4-7,9,11,14,16,19,31H,8,10,12-13,15H2,1-3H3,(H,30,37)/t16-,19+/m0/s1. The van der Waals surface area contributed by atoms with Crippen LogP contribution < -0.4 is 10.6 Å². The zero-order valence-corrected chi connectivity index (χ0v) is 21.4. The van der Waals surface area contributed by atoms with Gasteiger partial charge in [-0.1, -0.05) is 18.1 Å². The van der Waals surface area contributed by atoms with Gasteiger partial charge in [0.05, 0.1) is 23.3 Å². The van der Waals surface area contributed by atoms with E-state index in [-0.39, 0.29) is 35.9 Å². The lowest BCUT2D eigenvalue weighted by molar-refractivity contribution is -0.139. The lowest BCUT2D eigenvalue weighted by Crippen LogP contribution is -2.43. The van der Waals surface area contributed by atoms with Gasteiger partial charge in [0.25, 0.3) is 5.91 Å². The molecule has 3 aromatic heterocycles. The smallest absolute Gasteiger partial charge is 0.381 e. The molecule has 9 nitrogen and oxygen atoms in total. The molecule has 4 aromatic rings. The number of nitrogens with one attached hydrogen (secondary N) is 2. The lowest BCUT2D eigenvalue weighted by atomic mass is 9.94. The molecule has 0 bridgehead atoms. The van der Waals surface area contributed by atoms with E-state index >= 15 is 0 Å². The number of aromatic nitrogens is 4. The van der Waals surface area contributed by atoms with Gasteiger partial charge < -0.3 is 29.2 Å². The molecular formula is C26H30F3N7O2. The van der Waals surface area contributed by atoms with Gasteiger partial charge >= 0.3 is 6.18 Å². The molecule has 0 saturated carbocycles. The van der Waals surface area contributed by atoms with Gasteiger partial charge in [0.15, 0.2) is 0 Å². The van der Waals surface area contributed by atoms with Crippen LogP contribution in [-0.2, 0) is 20.1 Å². The first kappa shape index (κ1) is 25.8. The van der Waals surface area contributed by atoms with E-state index in [1.54, 1.807) is 48.3 Å². The van der Waals surface area contributed by atoms with E-state index in [9.17, 15) is 18.0 Å². The molecule has 1 fully saturated rings. The first-order chi connectivity index (χ1) is 18.1. The number of rotatable bonds is 7. The van der Waals surface area contributed by atoms with E-state index in [0.29, 0.717) is 22.4 Å². The second kappa shape index (κ2) is 10.2. The maximum atomic E-state index is 13.6. The van der Waals surface area contributed by atoms with Crippen molar-refractivity contribution in [2.24, 2.45) is 13.0 Å². The van der Waals surface area contributed by atoms with Crippen LogP contribution >= 0.6 is 0 Å². The second-order valence-electron chi connectivity index (χ2n) is 10.0. The summed E-state index contributed by atoms with van der Waals surface area (Å²) < 4.78 is 49.1. The van der Waals surface area contributed by atoms with Crippen molar-refractivity contribution in [3.63, 3.8) is 0 Å². The van der Waals surface area contributed by atoms with Crippen LogP contribution in [0.5, 0.6) is 0 Å². The molecule has 2 atom stereocenters. The summed E-state index contributed by atoms with van der Waals surface area (Å²) in [5, 5.41) is 10.8. The fourth-order valence-corrected chi connectivity index (χ4v) is 5.04. The Morgan fingerprint density at radius 2 is 2.05 bits per heavy atom. The maximum absolute atomic E-state index is 13.6. The molecule has 1 aromatic carbocycles. The first-order valence-electron chi connectivity index (χ1n) is 12.4. The highest BCUT2D eigenvalue weighted by atomic mass is 19.4. The van der Waals surface area contributed by atoms with Gasteiger partial charge in [-0.3, -0.25) is 4.79 Å². The molecule has 0 aliphatic carbocycles. The number of carbonyl (C=O) groups is 1. The molecule has 202 valence electrons. The third-order valence-electron chi connectivity index (χ3n) is 6.92. The van der Waals surface area contributed by atoms with Crippen molar-refractivity contribution in [2.75, 3.05) is 25.5 Å². The van der Waals surface area contributed by atoms with Crippen molar-refractivity contribution in [1.82, 2.24) is 29.5 Å². The number of halogens is 3. The van der Waals surface area contributed by atoms with Crippen molar-refractivity contribution >= 4 is 22.5 Å². The highest BCUT2D eigenvalue weighted by Crippen LogP contribution is 2.35. The number of carbonyl (C=O) groups excluding carboxylic acids is 1. The SMILES string of the molecule is C[C@H]1CN(C)CC[C@H]1Nc1cccc2c1cc(-c1noc(CNC(=O)c3ccn(C)c3)n1)n2CC(F)(F)F. The highest BCUT2D eigenvalue weighted by Gasteiger charge is 2.32. The summed E-state index contributed by atoms with van der Waals surface area (Å²) in [6.07, 6.45) is -0.104. The predicted molar refractivity (Wildman–Crippen MR) is 137 cm³/mol. The first-order valence-corrected chi connectivity index (χ1v) is 12.4. The van der Waals surface area contributed by atoms with Crippen LogP contribution in [0.2, 0.25) is 0 Å². The Morgan fingerprint density at radius 1 is 1.24 bits per heavy atom. The minimum Gasteiger partial charge on any atom is -0.381 e. The van der Waals surface area contributed by atoms with Gasteiger partial charge in [-0.2, -0.15) is 18.2 Å². The van der Waals surface area contributed by atoms with Gasteiger partial charge in [0.2, 0.25) is 11.7 Å². The summed E-state index contributed by atoms with van der Waals surface area (Å²) >= 11 is 0. The van der Waals surface area contributed by atoms with E-state index in [1.807, 2.05) is 6.07 Å². The fourth-order valence-electron chi connectivity index (χ4n) is 5.04. The third-order valence-corrected chi connectivity index (χ3v) is 6.92. The van der Waals surface area contributed by atoms with Crippen LogP contribution in [0.15, 0.2) is 47.2 Å². The van der Waals surface area contributed by atoms with Gasteiger partial charge in [0, 0.05) is 43.1 Å². The number of aryl methyl sites for hydroxylation is 1. The van der Waals surface area contributed by atoms with Crippen LogP contribution in [0.4, 0.5) is 18.9 Å². The Bertz CT molecular complexity index is 1440. The maximum Gasteiger partial charge on any atom is 0.406 e. The van der Waals surface area contributed by atoms with E-state index in [1.165, 1.54) is 0 Å². The Hall–Kier alpha value is -3.80. The lowest BCUT2D eigenvalue weighted by Gasteiger charge is -2.36. The molecule has 1 aliphatic heterocycles. The van der Waals surface area contributed by atoms with Crippen molar-refractivity contribution in [2.45, 2.75) is 38.7 Å². The average Bonchev–Trinajstić information content (AvgIpc) is 3.58. The summed E-state index contributed by atoms with van der Waals surface area (Å²) in [6, 6.07) is 8.84. The van der Waals surface area contributed by atoms with Crippen LogP contribution in [0.3, 0.4) is 0 Å². The number of alkyl halides is 3. The Balaban J connectivity index is 1.43. The van der Waals surface area contributed by atoms with E-state index in [0.717, 1.165) is 29.8 Å². The van der Waals surface area contributed by atoms with Gasteiger partial charge in [-0.05, 0) is 50.2 Å². The van der Waals surface area contributed by atoms with Crippen LogP contribution in [-0.4, -0.2) is 62.4 Å². The van der Waals surface area contributed by atoms with E-state index in [2.05, 4.69) is 39.6 Å². The molecule has 1 aliphatic rings. The molecule has 2 N–H and O–H groups in total. The Kier molecular flexibility index (Phi) is 6.91. The molecular weight excluding hydrogens is 499 g/mol. The number of piperidine rings is 1. The molecule has 1 saturated heterocycles. The summed E-state index contributed by atoms with van der Waals surface area (Å²) in [5.74, 6) is 0.168. The zero-order chi connectivity index (χ0) is 27.0. The van der Waals surface area contributed by atoms with Crippen LogP contribution in [0.25, 0.3) is 22.4 Å².